The molecule has 0 aliphatic heterocycles. The molecule has 0 aromatic rings. The molecule has 0 spiro atoms. The van der Waals surface area contributed by atoms with Crippen molar-refractivity contribution in [3.05, 3.63) is 0 Å². The Bertz CT molecular complexity index is 250. The molecule has 0 unspecified atom stereocenters. The lowest BCUT2D eigenvalue weighted by molar-refractivity contribution is -0.138. The summed E-state index contributed by atoms with van der Waals surface area (Å²) in [7, 11) is 1.91. The van der Waals surface area contributed by atoms with Crippen LogP contribution in [0.15, 0.2) is 0 Å². The summed E-state index contributed by atoms with van der Waals surface area (Å²) >= 11 is 0. The molecule has 1 saturated carbocycles. The SMILES string of the molecule is CC[C@H](CN(C)CC(=O)O)[C@H]1CCC1(C)C. The number of carboxylic acid groups (broad SMARTS) is 1. The zero-order valence-corrected chi connectivity index (χ0v) is 11.0. The van der Waals surface area contributed by atoms with Crippen molar-refractivity contribution < 1.29 is 9.90 Å². The molecule has 1 fully saturated rings. The molecule has 1 aliphatic rings. The van der Waals surface area contributed by atoms with Crippen molar-refractivity contribution in [2.24, 2.45) is 17.3 Å². The van der Waals surface area contributed by atoms with Crippen LogP contribution in [-0.4, -0.2) is 36.1 Å². The minimum Gasteiger partial charge on any atom is -0.480 e. The molecule has 0 aromatic heterocycles. The summed E-state index contributed by atoms with van der Waals surface area (Å²) in [5.74, 6) is 0.687. The minimum atomic E-state index is -0.731. The van der Waals surface area contributed by atoms with Crippen molar-refractivity contribution in [2.45, 2.75) is 40.0 Å². The van der Waals surface area contributed by atoms with Crippen molar-refractivity contribution in [3.63, 3.8) is 0 Å². The van der Waals surface area contributed by atoms with Gasteiger partial charge in [0.05, 0.1) is 6.54 Å². The van der Waals surface area contributed by atoms with Crippen molar-refractivity contribution >= 4 is 5.97 Å². The summed E-state index contributed by atoms with van der Waals surface area (Å²) < 4.78 is 0. The maximum Gasteiger partial charge on any atom is 0.317 e. The van der Waals surface area contributed by atoms with E-state index in [0.717, 1.165) is 18.9 Å². The van der Waals surface area contributed by atoms with Crippen LogP contribution in [0.5, 0.6) is 0 Å². The van der Waals surface area contributed by atoms with Gasteiger partial charge < -0.3 is 5.11 Å². The van der Waals surface area contributed by atoms with Crippen molar-refractivity contribution in [1.82, 2.24) is 4.90 Å². The third-order valence-corrected chi connectivity index (χ3v) is 4.15. The predicted octanol–water partition coefficient (Wildman–Crippen LogP) is 2.47. The molecular formula is C13H25NO2. The molecule has 0 aromatic carbocycles. The summed E-state index contributed by atoms with van der Waals surface area (Å²) in [5.41, 5.74) is 0.463. The summed E-state index contributed by atoms with van der Waals surface area (Å²) in [5, 5.41) is 8.74. The quantitative estimate of drug-likeness (QED) is 0.758. The van der Waals surface area contributed by atoms with E-state index in [0.29, 0.717) is 11.3 Å². The molecule has 0 bridgehead atoms. The first-order chi connectivity index (χ1) is 7.36. The van der Waals surface area contributed by atoms with Gasteiger partial charge in [0, 0.05) is 6.54 Å². The number of nitrogens with zero attached hydrogens (tertiary/aromatic N) is 1. The molecule has 0 radical (unpaired) electrons. The van der Waals surface area contributed by atoms with Crippen LogP contribution in [0.4, 0.5) is 0 Å². The Kier molecular flexibility index (Phi) is 4.36. The molecule has 1 aliphatic carbocycles. The smallest absolute Gasteiger partial charge is 0.317 e. The van der Waals surface area contributed by atoms with E-state index in [1.165, 1.54) is 12.8 Å². The predicted molar refractivity (Wildman–Crippen MR) is 65.4 cm³/mol. The molecule has 3 nitrogen and oxygen atoms in total. The van der Waals surface area contributed by atoms with Gasteiger partial charge in [-0.2, -0.15) is 0 Å². The second-order valence-corrected chi connectivity index (χ2v) is 5.89. The number of hydrogen-bond donors (Lipinski definition) is 1. The van der Waals surface area contributed by atoms with Gasteiger partial charge in [0.15, 0.2) is 0 Å². The number of carbonyl (C=O) groups is 1. The van der Waals surface area contributed by atoms with Crippen LogP contribution in [0.1, 0.15) is 40.0 Å². The summed E-state index contributed by atoms with van der Waals surface area (Å²) in [6.07, 6.45) is 3.78. The molecule has 1 rings (SSSR count). The van der Waals surface area contributed by atoms with Gasteiger partial charge in [-0.15, -0.1) is 0 Å². The van der Waals surface area contributed by atoms with E-state index in [1.54, 1.807) is 0 Å². The standard InChI is InChI=1S/C13H25NO2/c1-5-10(8-14(4)9-12(15)16)11-6-7-13(11,2)3/h10-11H,5-9H2,1-4H3,(H,15,16)/t10-,11-/m1/s1. The normalized spacial score (nSPS) is 25.2. The highest BCUT2D eigenvalue weighted by atomic mass is 16.4. The Hall–Kier alpha value is -0.570. The lowest BCUT2D eigenvalue weighted by Gasteiger charge is -2.49. The molecule has 0 amide bonds. The molecule has 0 heterocycles. The maximum atomic E-state index is 10.6. The molecular weight excluding hydrogens is 202 g/mol. The zero-order chi connectivity index (χ0) is 12.3. The average Bonchev–Trinajstić information content (AvgIpc) is 2.13. The molecule has 94 valence electrons. The Morgan fingerprint density at radius 2 is 2.19 bits per heavy atom. The van der Waals surface area contributed by atoms with Gasteiger partial charge in [-0.3, -0.25) is 9.69 Å². The molecule has 16 heavy (non-hydrogen) atoms. The summed E-state index contributed by atoms with van der Waals surface area (Å²) in [6, 6.07) is 0. The van der Waals surface area contributed by atoms with E-state index in [2.05, 4.69) is 20.8 Å². The monoisotopic (exact) mass is 227 g/mol. The summed E-state index contributed by atoms with van der Waals surface area (Å²) in [4.78, 5) is 12.6. The van der Waals surface area contributed by atoms with Gasteiger partial charge in [-0.05, 0) is 37.1 Å². The van der Waals surface area contributed by atoms with Gasteiger partial charge in [0.1, 0.15) is 0 Å². The third kappa shape index (κ3) is 3.21. The second-order valence-electron chi connectivity index (χ2n) is 5.89. The van der Waals surface area contributed by atoms with Gasteiger partial charge in [0.2, 0.25) is 0 Å². The van der Waals surface area contributed by atoms with Crippen molar-refractivity contribution in [1.29, 1.82) is 0 Å². The first-order valence-electron chi connectivity index (χ1n) is 6.27. The van der Waals surface area contributed by atoms with Gasteiger partial charge in [-0.25, -0.2) is 0 Å². The van der Waals surface area contributed by atoms with Gasteiger partial charge >= 0.3 is 5.97 Å². The van der Waals surface area contributed by atoms with E-state index in [9.17, 15) is 4.79 Å². The Balaban J connectivity index is 2.46. The Morgan fingerprint density at radius 3 is 2.50 bits per heavy atom. The summed E-state index contributed by atoms with van der Waals surface area (Å²) in [6.45, 7) is 7.95. The van der Waals surface area contributed by atoms with Gasteiger partial charge in [0.25, 0.3) is 0 Å². The molecule has 0 saturated heterocycles. The fourth-order valence-corrected chi connectivity index (χ4v) is 3.00. The van der Waals surface area contributed by atoms with E-state index >= 15 is 0 Å². The number of aliphatic carboxylic acids is 1. The molecule has 3 heteroatoms. The fourth-order valence-electron chi connectivity index (χ4n) is 3.00. The second kappa shape index (κ2) is 5.17. The average molecular weight is 227 g/mol. The van der Waals surface area contributed by atoms with Crippen LogP contribution in [0.3, 0.4) is 0 Å². The number of hydrogen-bond acceptors (Lipinski definition) is 2. The molecule has 1 N–H and O–H groups in total. The number of likely N-dealkylation sites (N-methyl/N-ethyl adjacent to an activating group) is 1. The van der Waals surface area contributed by atoms with E-state index in [1.807, 2.05) is 11.9 Å². The largest absolute Gasteiger partial charge is 0.480 e. The lowest BCUT2D eigenvalue weighted by Crippen LogP contribution is -2.44. The minimum absolute atomic E-state index is 0.156. The maximum absolute atomic E-state index is 10.6. The molecule has 2 atom stereocenters. The highest BCUT2D eigenvalue weighted by Crippen LogP contribution is 2.50. The zero-order valence-electron chi connectivity index (χ0n) is 11.0. The Morgan fingerprint density at radius 1 is 1.56 bits per heavy atom. The van der Waals surface area contributed by atoms with Crippen LogP contribution in [0.2, 0.25) is 0 Å². The first kappa shape index (κ1) is 13.5. The fraction of sp³-hybridized carbons (Fsp3) is 0.923. The first-order valence-corrected chi connectivity index (χ1v) is 6.27. The van der Waals surface area contributed by atoms with Crippen LogP contribution in [0, 0.1) is 17.3 Å². The van der Waals surface area contributed by atoms with Crippen LogP contribution in [0.25, 0.3) is 0 Å². The van der Waals surface area contributed by atoms with Crippen LogP contribution < -0.4 is 0 Å². The van der Waals surface area contributed by atoms with Crippen molar-refractivity contribution in [3.8, 4) is 0 Å². The van der Waals surface area contributed by atoms with Gasteiger partial charge in [-0.1, -0.05) is 27.2 Å². The third-order valence-electron chi connectivity index (χ3n) is 4.15. The number of carboxylic acids is 1. The lowest BCUT2D eigenvalue weighted by atomic mass is 9.57. The van der Waals surface area contributed by atoms with E-state index in [4.69, 9.17) is 5.11 Å². The number of rotatable bonds is 6. The van der Waals surface area contributed by atoms with Crippen LogP contribution >= 0.6 is 0 Å². The highest BCUT2D eigenvalue weighted by Gasteiger charge is 2.42. The Labute approximate surface area is 98.8 Å². The topological polar surface area (TPSA) is 40.5 Å². The highest BCUT2D eigenvalue weighted by molar-refractivity contribution is 5.68. The van der Waals surface area contributed by atoms with Crippen LogP contribution in [-0.2, 0) is 4.79 Å². The van der Waals surface area contributed by atoms with E-state index in [-0.39, 0.29) is 6.54 Å². The van der Waals surface area contributed by atoms with Crippen molar-refractivity contribution in [2.75, 3.05) is 20.1 Å². The van der Waals surface area contributed by atoms with E-state index < -0.39 is 5.97 Å².